The molecule has 0 aromatic rings. The average Bonchev–Trinajstić information content (AvgIpc) is 2.00. The minimum absolute atomic E-state index is 0.0464. The molecule has 0 aliphatic carbocycles. The summed E-state index contributed by atoms with van der Waals surface area (Å²) in [7, 11) is 1.38. The van der Waals surface area contributed by atoms with E-state index in [1.54, 1.807) is 11.8 Å². The molecule has 0 aromatic carbocycles. The Morgan fingerprint density at radius 1 is 1.73 bits per heavy atom. The lowest BCUT2D eigenvalue weighted by atomic mass is 10.2. The molecule has 66 valence electrons. The summed E-state index contributed by atoms with van der Waals surface area (Å²) in [6.45, 7) is 0. The summed E-state index contributed by atoms with van der Waals surface area (Å²) in [6.07, 6.45) is 3.22. The Balaban J connectivity index is 3.35. The van der Waals surface area contributed by atoms with Crippen LogP contribution in [-0.4, -0.2) is 31.1 Å². The number of esters is 1. The molecule has 0 radical (unpaired) electrons. The van der Waals surface area contributed by atoms with Crippen molar-refractivity contribution in [3.8, 4) is 0 Å². The largest absolute Gasteiger partial charge is 0.469 e. The van der Waals surface area contributed by atoms with E-state index >= 15 is 0 Å². The number of rotatable bonds is 5. The summed E-state index contributed by atoms with van der Waals surface area (Å²) in [6, 6.07) is -0.0464. The van der Waals surface area contributed by atoms with Crippen molar-refractivity contribution in [2.45, 2.75) is 18.9 Å². The first-order valence-corrected chi connectivity index (χ1v) is 4.91. The molecule has 3 nitrogen and oxygen atoms in total. The number of carbonyl (C=O) groups excluding carboxylic acids is 1. The van der Waals surface area contributed by atoms with Gasteiger partial charge in [0.15, 0.2) is 0 Å². The summed E-state index contributed by atoms with van der Waals surface area (Å²) in [5.74, 6) is 0.775. The van der Waals surface area contributed by atoms with Crippen molar-refractivity contribution in [1.82, 2.24) is 0 Å². The molecule has 0 aromatic heterocycles. The number of methoxy groups -OCH3 is 1. The van der Waals surface area contributed by atoms with Gasteiger partial charge >= 0.3 is 5.97 Å². The van der Waals surface area contributed by atoms with E-state index in [2.05, 4.69) is 4.74 Å². The van der Waals surface area contributed by atoms with Crippen molar-refractivity contribution in [3.05, 3.63) is 0 Å². The number of hydrogen-bond donors (Lipinski definition) is 1. The zero-order valence-corrected chi connectivity index (χ0v) is 7.82. The highest BCUT2D eigenvalue weighted by molar-refractivity contribution is 7.98. The van der Waals surface area contributed by atoms with E-state index in [1.165, 1.54) is 7.11 Å². The Hall–Kier alpha value is -0.220. The van der Waals surface area contributed by atoms with E-state index in [0.717, 1.165) is 12.2 Å². The van der Waals surface area contributed by atoms with Gasteiger partial charge in [0.25, 0.3) is 0 Å². The molecule has 0 unspecified atom stereocenters. The van der Waals surface area contributed by atoms with Gasteiger partial charge in [-0.15, -0.1) is 0 Å². The van der Waals surface area contributed by atoms with Crippen LogP contribution in [0.2, 0.25) is 0 Å². The second kappa shape index (κ2) is 6.49. The molecule has 0 saturated heterocycles. The zero-order valence-electron chi connectivity index (χ0n) is 7.00. The third-order valence-electron chi connectivity index (χ3n) is 1.35. The van der Waals surface area contributed by atoms with Gasteiger partial charge in [0.2, 0.25) is 0 Å². The molecule has 0 saturated carbocycles. The van der Waals surface area contributed by atoms with Crippen LogP contribution in [0.4, 0.5) is 0 Å². The molecular formula is C7H15NO2S. The summed E-state index contributed by atoms with van der Waals surface area (Å²) in [5.41, 5.74) is 5.62. The lowest BCUT2D eigenvalue weighted by Crippen LogP contribution is -2.24. The standard InChI is InChI=1S/C7H15NO2S/c1-10-7(9)5-6(8)3-4-11-2/h6H,3-5,8H2,1-2H3/t6-/m1/s1. The zero-order chi connectivity index (χ0) is 8.69. The molecule has 0 rings (SSSR count). The SMILES string of the molecule is COC(=O)C[C@H](N)CCSC. The Morgan fingerprint density at radius 3 is 2.82 bits per heavy atom. The summed E-state index contributed by atoms with van der Waals surface area (Å²) < 4.78 is 4.48. The van der Waals surface area contributed by atoms with Crippen LogP contribution in [0.1, 0.15) is 12.8 Å². The lowest BCUT2D eigenvalue weighted by molar-refractivity contribution is -0.141. The Labute approximate surface area is 71.7 Å². The van der Waals surface area contributed by atoms with Crippen LogP contribution in [0.3, 0.4) is 0 Å². The predicted molar refractivity (Wildman–Crippen MR) is 47.6 cm³/mol. The van der Waals surface area contributed by atoms with Crippen LogP contribution in [0.15, 0.2) is 0 Å². The maximum atomic E-state index is 10.7. The molecule has 0 spiro atoms. The van der Waals surface area contributed by atoms with Crippen LogP contribution >= 0.6 is 11.8 Å². The van der Waals surface area contributed by atoms with Gasteiger partial charge < -0.3 is 10.5 Å². The maximum absolute atomic E-state index is 10.7. The van der Waals surface area contributed by atoms with Crippen molar-refractivity contribution in [1.29, 1.82) is 0 Å². The van der Waals surface area contributed by atoms with Gasteiger partial charge in [-0.05, 0) is 18.4 Å². The highest BCUT2D eigenvalue weighted by atomic mass is 32.2. The Kier molecular flexibility index (Phi) is 6.36. The maximum Gasteiger partial charge on any atom is 0.307 e. The lowest BCUT2D eigenvalue weighted by Gasteiger charge is -2.07. The van der Waals surface area contributed by atoms with Gasteiger partial charge in [0.1, 0.15) is 0 Å². The first kappa shape index (κ1) is 10.8. The number of ether oxygens (including phenoxy) is 1. The molecule has 0 aliphatic rings. The van der Waals surface area contributed by atoms with Crippen molar-refractivity contribution >= 4 is 17.7 Å². The van der Waals surface area contributed by atoms with Crippen molar-refractivity contribution in [2.24, 2.45) is 5.73 Å². The van der Waals surface area contributed by atoms with Crippen LogP contribution in [0.25, 0.3) is 0 Å². The Morgan fingerprint density at radius 2 is 2.36 bits per heavy atom. The van der Waals surface area contributed by atoms with Gasteiger partial charge in [-0.3, -0.25) is 4.79 Å². The molecule has 11 heavy (non-hydrogen) atoms. The molecule has 0 amide bonds. The van der Waals surface area contributed by atoms with Crippen LogP contribution in [-0.2, 0) is 9.53 Å². The first-order valence-electron chi connectivity index (χ1n) is 3.52. The van der Waals surface area contributed by atoms with Crippen molar-refractivity contribution in [2.75, 3.05) is 19.1 Å². The summed E-state index contributed by atoms with van der Waals surface area (Å²) in [4.78, 5) is 10.7. The second-order valence-corrected chi connectivity index (χ2v) is 3.31. The van der Waals surface area contributed by atoms with Gasteiger partial charge in [-0.1, -0.05) is 0 Å². The highest BCUT2D eigenvalue weighted by Gasteiger charge is 2.08. The second-order valence-electron chi connectivity index (χ2n) is 2.32. The molecule has 2 N–H and O–H groups in total. The highest BCUT2D eigenvalue weighted by Crippen LogP contribution is 2.02. The third kappa shape index (κ3) is 6.19. The fourth-order valence-corrected chi connectivity index (χ4v) is 1.21. The van der Waals surface area contributed by atoms with Gasteiger partial charge in [0.05, 0.1) is 13.5 Å². The van der Waals surface area contributed by atoms with E-state index in [9.17, 15) is 4.79 Å². The minimum atomic E-state index is -0.224. The van der Waals surface area contributed by atoms with E-state index in [1.807, 2.05) is 6.26 Å². The van der Waals surface area contributed by atoms with Crippen LogP contribution < -0.4 is 5.73 Å². The number of hydrogen-bond acceptors (Lipinski definition) is 4. The van der Waals surface area contributed by atoms with Crippen LogP contribution in [0, 0.1) is 0 Å². The monoisotopic (exact) mass is 177 g/mol. The summed E-state index contributed by atoms with van der Waals surface area (Å²) in [5, 5.41) is 0. The van der Waals surface area contributed by atoms with E-state index in [-0.39, 0.29) is 12.0 Å². The average molecular weight is 177 g/mol. The fraction of sp³-hybridized carbons (Fsp3) is 0.857. The molecule has 4 heteroatoms. The quantitative estimate of drug-likeness (QED) is 0.626. The van der Waals surface area contributed by atoms with E-state index < -0.39 is 0 Å². The first-order chi connectivity index (χ1) is 5.20. The van der Waals surface area contributed by atoms with Crippen molar-refractivity contribution in [3.63, 3.8) is 0 Å². The van der Waals surface area contributed by atoms with Gasteiger partial charge in [0, 0.05) is 6.04 Å². The Bertz CT molecular complexity index is 119. The number of nitrogens with two attached hydrogens (primary N) is 1. The number of thioether (sulfide) groups is 1. The normalized spacial score (nSPS) is 12.6. The molecule has 0 aliphatic heterocycles. The topological polar surface area (TPSA) is 52.3 Å². The van der Waals surface area contributed by atoms with E-state index in [0.29, 0.717) is 6.42 Å². The molecule has 1 atom stereocenters. The van der Waals surface area contributed by atoms with Gasteiger partial charge in [-0.2, -0.15) is 11.8 Å². The number of carbonyl (C=O) groups is 1. The molecule has 0 fully saturated rings. The summed E-state index contributed by atoms with van der Waals surface area (Å²) >= 11 is 1.73. The third-order valence-corrected chi connectivity index (χ3v) is 1.99. The predicted octanol–water partition coefficient (Wildman–Crippen LogP) is 0.630. The van der Waals surface area contributed by atoms with Gasteiger partial charge in [-0.25, -0.2) is 0 Å². The molecular weight excluding hydrogens is 162 g/mol. The fourth-order valence-electron chi connectivity index (χ4n) is 0.669. The minimum Gasteiger partial charge on any atom is -0.469 e. The molecule has 0 bridgehead atoms. The molecule has 0 heterocycles. The van der Waals surface area contributed by atoms with E-state index in [4.69, 9.17) is 5.73 Å². The van der Waals surface area contributed by atoms with Crippen LogP contribution in [0.5, 0.6) is 0 Å². The van der Waals surface area contributed by atoms with Crippen molar-refractivity contribution < 1.29 is 9.53 Å². The smallest absolute Gasteiger partial charge is 0.307 e.